The smallest absolute Gasteiger partial charge is 0.138 e. The van der Waals surface area contributed by atoms with E-state index >= 15 is 0 Å². The summed E-state index contributed by atoms with van der Waals surface area (Å²) in [6.45, 7) is 12.5. The summed E-state index contributed by atoms with van der Waals surface area (Å²) in [5.74, 6) is 0.873. The van der Waals surface area contributed by atoms with Crippen molar-refractivity contribution in [1.29, 1.82) is 0 Å². The van der Waals surface area contributed by atoms with E-state index in [4.69, 9.17) is 4.98 Å². The molecule has 0 unspecified atom stereocenters. The van der Waals surface area contributed by atoms with Crippen LogP contribution >= 0.6 is 11.3 Å². The highest BCUT2D eigenvalue weighted by Crippen LogP contribution is 2.43. The number of hydrogen-bond donors (Lipinski definition) is 0. The Morgan fingerprint density at radius 1 is 0.600 bits per heavy atom. The number of nitrogens with zero attached hydrogens (tertiary/aromatic N) is 2. The zero-order chi connectivity index (χ0) is 34.2. The predicted octanol–water partition coefficient (Wildman–Crippen LogP) is 13.7. The molecule has 3 heterocycles. The molecule has 0 aliphatic carbocycles. The van der Waals surface area contributed by atoms with Gasteiger partial charge in [-0.3, -0.25) is 4.57 Å². The molecule has 0 saturated heterocycles. The first-order valence-electron chi connectivity index (χ1n) is 16.9. The van der Waals surface area contributed by atoms with Crippen LogP contribution in [0.1, 0.15) is 35.5 Å². The zero-order valence-corrected chi connectivity index (χ0v) is 29.0. The first kappa shape index (κ1) is 31.3. The van der Waals surface area contributed by atoms with E-state index in [1.54, 1.807) is 11.3 Å². The van der Waals surface area contributed by atoms with Gasteiger partial charge in [-0.2, -0.15) is 0 Å². The zero-order valence-electron chi connectivity index (χ0n) is 28.2. The van der Waals surface area contributed by atoms with E-state index in [0.717, 1.165) is 44.6 Å². The number of para-hydroxylation sites is 1. The molecule has 0 radical (unpaired) electrons. The third kappa shape index (κ3) is 5.24. The van der Waals surface area contributed by atoms with Gasteiger partial charge in [-0.25, -0.2) is 4.98 Å². The first-order valence-corrected chi connectivity index (χ1v) is 17.8. The molecule has 0 atom stereocenters. The standard InChI is InChI=1S/C47H36N2S/c1-5-15-38-39-27-28-43-46(47(39)50-44(38)8-4)36(7-3)42(16-6-2)49(43)45-30-40(37-21-12-13-22-41(37)48-45)33-25-23-32(24-26-33)35-20-14-19-34(29-35)31-17-10-9-11-18-31/h5-30H,3-4H2,1-2H3/b15-5-,16-6-. The lowest BCUT2D eigenvalue weighted by Gasteiger charge is -2.14. The number of pyridine rings is 1. The molecule has 0 amide bonds. The van der Waals surface area contributed by atoms with Crippen LogP contribution in [-0.2, 0) is 0 Å². The summed E-state index contributed by atoms with van der Waals surface area (Å²) in [5, 5.41) is 3.53. The summed E-state index contributed by atoms with van der Waals surface area (Å²) in [7, 11) is 0. The lowest BCUT2D eigenvalue weighted by Crippen LogP contribution is -2.01. The van der Waals surface area contributed by atoms with Crippen LogP contribution in [0.4, 0.5) is 0 Å². The van der Waals surface area contributed by atoms with Crippen LogP contribution in [0.3, 0.4) is 0 Å². The third-order valence-electron chi connectivity index (χ3n) is 9.41. The Morgan fingerprint density at radius 3 is 2.00 bits per heavy atom. The minimum absolute atomic E-state index is 0.873. The second kappa shape index (κ2) is 13.1. The summed E-state index contributed by atoms with van der Waals surface area (Å²) in [5.41, 5.74) is 12.5. The molecule has 0 aliphatic heterocycles. The predicted molar refractivity (Wildman–Crippen MR) is 220 cm³/mol. The summed E-state index contributed by atoms with van der Waals surface area (Å²) in [4.78, 5) is 6.46. The quantitative estimate of drug-likeness (QED) is 0.159. The van der Waals surface area contributed by atoms with Crippen LogP contribution in [0.15, 0.2) is 147 Å². The van der Waals surface area contributed by atoms with Crippen molar-refractivity contribution in [3.05, 3.63) is 168 Å². The van der Waals surface area contributed by atoms with Gasteiger partial charge in [-0.15, -0.1) is 11.3 Å². The van der Waals surface area contributed by atoms with Gasteiger partial charge in [-0.05, 0) is 83.1 Å². The highest BCUT2D eigenvalue weighted by Gasteiger charge is 2.22. The average molecular weight is 661 g/mol. The third-order valence-corrected chi connectivity index (χ3v) is 10.6. The fourth-order valence-corrected chi connectivity index (χ4v) is 8.34. The Labute approximate surface area is 297 Å². The molecule has 8 aromatic rings. The molecule has 3 aromatic heterocycles. The van der Waals surface area contributed by atoms with Gasteiger partial charge in [0, 0.05) is 31.3 Å². The van der Waals surface area contributed by atoms with Crippen LogP contribution in [0.5, 0.6) is 0 Å². The number of thiophene rings is 1. The Kier molecular flexibility index (Phi) is 8.20. The maximum absolute atomic E-state index is 5.30. The van der Waals surface area contributed by atoms with Crippen molar-refractivity contribution in [1.82, 2.24) is 9.55 Å². The van der Waals surface area contributed by atoms with Gasteiger partial charge in [0.1, 0.15) is 5.82 Å². The maximum atomic E-state index is 5.30. The van der Waals surface area contributed by atoms with E-state index in [9.17, 15) is 0 Å². The summed E-state index contributed by atoms with van der Waals surface area (Å²) in [6, 6.07) is 43.4. The van der Waals surface area contributed by atoms with E-state index in [1.165, 1.54) is 48.2 Å². The molecule has 5 aromatic carbocycles. The molecule has 50 heavy (non-hydrogen) atoms. The van der Waals surface area contributed by atoms with E-state index in [1.807, 2.05) is 12.2 Å². The monoisotopic (exact) mass is 660 g/mol. The average Bonchev–Trinajstić information content (AvgIpc) is 3.69. The number of rotatable bonds is 8. The fourth-order valence-electron chi connectivity index (χ4n) is 7.14. The maximum Gasteiger partial charge on any atom is 0.138 e. The van der Waals surface area contributed by atoms with Crippen molar-refractivity contribution in [2.75, 3.05) is 0 Å². The van der Waals surface area contributed by atoms with Crippen molar-refractivity contribution in [2.24, 2.45) is 0 Å². The lowest BCUT2D eigenvalue weighted by molar-refractivity contribution is 1.05. The van der Waals surface area contributed by atoms with Crippen molar-refractivity contribution >= 4 is 67.5 Å². The normalized spacial score (nSPS) is 11.8. The van der Waals surface area contributed by atoms with Gasteiger partial charge in [0.2, 0.25) is 0 Å². The van der Waals surface area contributed by atoms with Gasteiger partial charge in [-0.1, -0.05) is 141 Å². The second-order valence-corrected chi connectivity index (χ2v) is 13.4. The van der Waals surface area contributed by atoms with Crippen molar-refractivity contribution in [3.63, 3.8) is 0 Å². The number of allylic oxidation sites excluding steroid dienone is 2. The molecule has 3 heteroatoms. The first-order chi connectivity index (χ1) is 24.6. The molecule has 0 aliphatic rings. The summed E-state index contributed by atoms with van der Waals surface area (Å²) >= 11 is 1.78. The number of aromatic nitrogens is 2. The van der Waals surface area contributed by atoms with Crippen molar-refractivity contribution in [2.45, 2.75) is 13.8 Å². The van der Waals surface area contributed by atoms with Crippen molar-refractivity contribution in [3.8, 4) is 39.2 Å². The van der Waals surface area contributed by atoms with Crippen LogP contribution in [0.25, 0.3) is 95.4 Å². The van der Waals surface area contributed by atoms with Gasteiger partial charge >= 0.3 is 0 Å². The summed E-state index contributed by atoms with van der Waals surface area (Å²) < 4.78 is 3.53. The minimum Gasteiger partial charge on any atom is -0.294 e. The second-order valence-electron chi connectivity index (χ2n) is 12.3. The van der Waals surface area contributed by atoms with E-state index in [0.29, 0.717) is 0 Å². The summed E-state index contributed by atoms with van der Waals surface area (Å²) in [6.07, 6.45) is 12.5. The van der Waals surface area contributed by atoms with Gasteiger partial charge in [0.25, 0.3) is 0 Å². The highest BCUT2D eigenvalue weighted by atomic mass is 32.1. The van der Waals surface area contributed by atoms with Crippen LogP contribution < -0.4 is 0 Å². The Morgan fingerprint density at radius 2 is 1.28 bits per heavy atom. The van der Waals surface area contributed by atoms with Gasteiger partial charge < -0.3 is 0 Å². The molecule has 0 fully saturated rings. The fraction of sp³-hybridized carbons (Fsp3) is 0.0426. The Balaban J connectivity index is 1.31. The van der Waals surface area contributed by atoms with E-state index in [2.05, 4.69) is 177 Å². The Bertz CT molecular complexity index is 2630. The molecule has 0 N–H and O–H groups in total. The van der Waals surface area contributed by atoms with Crippen molar-refractivity contribution < 1.29 is 0 Å². The van der Waals surface area contributed by atoms with Gasteiger partial charge in [0.05, 0.1) is 16.7 Å². The largest absolute Gasteiger partial charge is 0.294 e. The SMILES string of the molecule is C=Cc1sc2c(ccc3c2c(C=C)c(/C=C\C)n3-c2cc(-c3ccc(-c4cccc(-c5ccccc5)c4)cc3)c3ccccc3n2)c1/C=C\C. The molecule has 0 spiro atoms. The molecule has 240 valence electrons. The number of fused-ring (bicyclic) bond motifs is 4. The van der Waals surface area contributed by atoms with Crippen LogP contribution in [0.2, 0.25) is 0 Å². The lowest BCUT2D eigenvalue weighted by atomic mass is 9.96. The Hall–Kier alpha value is -6.03. The number of benzene rings is 5. The van der Waals surface area contributed by atoms with Gasteiger partial charge in [0.15, 0.2) is 0 Å². The topological polar surface area (TPSA) is 17.8 Å². The van der Waals surface area contributed by atoms with Crippen LogP contribution in [0, 0.1) is 0 Å². The molecule has 8 rings (SSSR count). The highest BCUT2D eigenvalue weighted by molar-refractivity contribution is 7.21. The molecular weight excluding hydrogens is 625 g/mol. The van der Waals surface area contributed by atoms with Crippen LogP contribution in [-0.4, -0.2) is 9.55 Å². The molecule has 2 nitrogen and oxygen atoms in total. The molecular formula is C47H36N2S. The van der Waals surface area contributed by atoms with E-state index < -0.39 is 0 Å². The number of hydrogen-bond acceptors (Lipinski definition) is 2. The van der Waals surface area contributed by atoms with E-state index in [-0.39, 0.29) is 0 Å². The minimum atomic E-state index is 0.873. The molecule has 0 saturated carbocycles. The molecule has 0 bridgehead atoms.